The van der Waals surface area contributed by atoms with Crippen molar-refractivity contribution in [3.05, 3.63) is 99.0 Å². The van der Waals surface area contributed by atoms with Crippen LogP contribution >= 0.6 is 15.9 Å². The predicted octanol–water partition coefficient (Wildman–Crippen LogP) is 4.71. The van der Waals surface area contributed by atoms with E-state index in [-0.39, 0.29) is 11.4 Å². The van der Waals surface area contributed by atoms with Crippen LogP contribution in [-0.4, -0.2) is 9.66 Å². The van der Waals surface area contributed by atoms with Crippen molar-refractivity contribution in [2.45, 2.75) is 6.54 Å². The highest BCUT2D eigenvalue weighted by atomic mass is 79.9. The third-order valence-electron chi connectivity index (χ3n) is 4.23. The van der Waals surface area contributed by atoms with Crippen LogP contribution in [0.4, 0.5) is 4.39 Å². The lowest BCUT2D eigenvalue weighted by molar-refractivity contribution is 0.627. The van der Waals surface area contributed by atoms with E-state index in [0.717, 1.165) is 15.6 Å². The number of hydrogen-bond donors (Lipinski definition) is 1. The predicted molar refractivity (Wildman–Crippen MR) is 109 cm³/mol. The third kappa shape index (κ3) is 3.61. The van der Waals surface area contributed by atoms with Crippen molar-refractivity contribution in [2.24, 2.45) is 0 Å². The van der Waals surface area contributed by atoms with Gasteiger partial charge in [0.1, 0.15) is 5.82 Å². The van der Waals surface area contributed by atoms with E-state index in [1.165, 1.54) is 16.8 Å². The number of para-hydroxylation sites is 1. The van der Waals surface area contributed by atoms with Crippen molar-refractivity contribution in [3.8, 4) is 11.4 Å². The largest absolute Gasteiger partial charge is 0.317 e. The molecule has 0 amide bonds. The fourth-order valence-electron chi connectivity index (χ4n) is 2.84. The Morgan fingerprint density at radius 1 is 0.963 bits per heavy atom. The van der Waals surface area contributed by atoms with E-state index in [4.69, 9.17) is 0 Å². The van der Waals surface area contributed by atoms with Crippen molar-refractivity contribution in [1.29, 1.82) is 0 Å². The number of fused-ring (bicyclic) bond motifs is 1. The molecule has 0 unspecified atom stereocenters. The van der Waals surface area contributed by atoms with Gasteiger partial charge in [-0.2, -0.15) is 0 Å². The molecule has 1 N–H and O–H groups in total. The van der Waals surface area contributed by atoms with E-state index in [2.05, 4.69) is 26.3 Å². The average Bonchev–Trinajstić information content (AvgIpc) is 2.69. The molecule has 1 aromatic heterocycles. The number of aromatic nitrogens is 2. The molecule has 0 radical (unpaired) electrons. The summed E-state index contributed by atoms with van der Waals surface area (Å²) < 4.78 is 15.5. The Balaban J connectivity index is 1.82. The van der Waals surface area contributed by atoms with Gasteiger partial charge in [0.25, 0.3) is 5.56 Å². The summed E-state index contributed by atoms with van der Waals surface area (Å²) in [6.45, 7) is 0.365. The zero-order valence-electron chi connectivity index (χ0n) is 14.2. The van der Waals surface area contributed by atoms with Crippen molar-refractivity contribution in [2.75, 3.05) is 5.43 Å². The molecule has 0 aliphatic carbocycles. The molecule has 0 fully saturated rings. The van der Waals surface area contributed by atoms with Crippen LogP contribution in [-0.2, 0) is 6.54 Å². The molecule has 6 heteroatoms. The molecule has 3 aromatic carbocycles. The Bertz CT molecular complexity index is 1150. The maximum absolute atomic E-state index is 13.1. The van der Waals surface area contributed by atoms with Crippen molar-refractivity contribution >= 4 is 26.8 Å². The zero-order chi connectivity index (χ0) is 18.8. The first-order valence-corrected chi connectivity index (χ1v) is 9.17. The molecule has 27 heavy (non-hydrogen) atoms. The number of nitrogens with one attached hydrogen (secondary N) is 1. The van der Waals surface area contributed by atoms with E-state index < -0.39 is 0 Å². The Morgan fingerprint density at radius 3 is 2.41 bits per heavy atom. The minimum absolute atomic E-state index is 0.180. The van der Waals surface area contributed by atoms with Crippen LogP contribution in [0.1, 0.15) is 5.56 Å². The lowest BCUT2D eigenvalue weighted by atomic mass is 10.2. The Kier molecular flexibility index (Phi) is 4.73. The van der Waals surface area contributed by atoms with Crippen LogP contribution in [0.5, 0.6) is 0 Å². The monoisotopic (exact) mass is 423 g/mol. The molecule has 0 aliphatic heterocycles. The minimum atomic E-state index is -0.293. The quantitative estimate of drug-likeness (QED) is 0.516. The fourth-order valence-corrected chi connectivity index (χ4v) is 3.11. The molecule has 0 atom stereocenters. The highest BCUT2D eigenvalue weighted by Gasteiger charge is 2.12. The zero-order valence-corrected chi connectivity index (χ0v) is 15.8. The van der Waals surface area contributed by atoms with Crippen LogP contribution in [0.25, 0.3) is 22.3 Å². The Labute approximate surface area is 163 Å². The Morgan fingerprint density at radius 2 is 1.67 bits per heavy atom. The highest BCUT2D eigenvalue weighted by Crippen LogP contribution is 2.21. The second kappa shape index (κ2) is 7.32. The summed E-state index contributed by atoms with van der Waals surface area (Å²) in [5.41, 5.74) is 5.26. The SMILES string of the molecule is O=c1c2ccccc2nc(-c2ccc(Br)cc2)n1NCc1ccc(F)cc1. The molecule has 4 aromatic rings. The molecular formula is C21H15BrFN3O. The van der Waals surface area contributed by atoms with Gasteiger partial charge in [-0.05, 0) is 42.0 Å². The lowest BCUT2D eigenvalue weighted by Crippen LogP contribution is -2.31. The van der Waals surface area contributed by atoms with Crippen molar-refractivity contribution < 1.29 is 4.39 Å². The van der Waals surface area contributed by atoms with E-state index in [1.54, 1.807) is 18.2 Å². The molecule has 1 heterocycles. The second-order valence-electron chi connectivity index (χ2n) is 6.06. The van der Waals surface area contributed by atoms with Gasteiger partial charge in [0.2, 0.25) is 0 Å². The minimum Gasteiger partial charge on any atom is -0.317 e. The van der Waals surface area contributed by atoms with E-state index in [0.29, 0.717) is 23.3 Å². The van der Waals surface area contributed by atoms with Crippen molar-refractivity contribution in [3.63, 3.8) is 0 Å². The third-order valence-corrected chi connectivity index (χ3v) is 4.76. The van der Waals surface area contributed by atoms with Gasteiger partial charge in [-0.15, -0.1) is 0 Å². The maximum atomic E-state index is 13.1. The summed E-state index contributed by atoms with van der Waals surface area (Å²) in [6.07, 6.45) is 0. The molecule has 134 valence electrons. The maximum Gasteiger partial charge on any atom is 0.280 e. The molecule has 0 saturated heterocycles. The smallest absolute Gasteiger partial charge is 0.280 e. The van der Waals surface area contributed by atoms with Gasteiger partial charge in [-0.25, -0.2) is 14.1 Å². The lowest BCUT2D eigenvalue weighted by Gasteiger charge is -2.16. The van der Waals surface area contributed by atoms with E-state index in [1.807, 2.05) is 42.5 Å². The van der Waals surface area contributed by atoms with Gasteiger partial charge in [-0.1, -0.05) is 52.3 Å². The van der Waals surface area contributed by atoms with Gasteiger partial charge in [0.05, 0.1) is 17.4 Å². The van der Waals surface area contributed by atoms with Gasteiger partial charge in [0.15, 0.2) is 5.82 Å². The number of benzene rings is 3. The number of halogens is 2. The normalized spacial score (nSPS) is 10.9. The molecule has 0 saturated carbocycles. The average molecular weight is 424 g/mol. The van der Waals surface area contributed by atoms with Crippen molar-refractivity contribution in [1.82, 2.24) is 9.66 Å². The molecule has 4 rings (SSSR count). The van der Waals surface area contributed by atoms with Gasteiger partial charge >= 0.3 is 0 Å². The summed E-state index contributed by atoms with van der Waals surface area (Å²) in [4.78, 5) is 17.7. The number of hydrogen-bond acceptors (Lipinski definition) is 3. The molecule has 4 nitrogen and oxygen atoms in total. The summed E-state index contributed by atoms with van der Waals surface area (Å²) >= 11 is 3.42. The molecule has 0 bridgehead atoms. The van der Waals surface area contributed by atoms with Crippen LogP contribution in [0.15, 0.2) is 82.1 Å². The van der Waals surface area contributed by atoms with Crippen LogP contribution in [0.3, 0.4) is 0 Å². The number of rotatable bonds is 4. The second-order valence-corrected chi connectivity index (χ2v) is 6.98. The van der Waals surface area contributed by atoms with Crippen LogP contribution < -0.4 is 11.0 Å². The summed E-state index contributed by atoms with van der Waals surface area (Å²) in [5, 5.41) is 0.532. The standard InChI is InChI=1S/C21H15BrFN3O/c22-16-9-7-15(8-10-16)20-25-19-4-2-1-3-18(19)21(27)26(20)24-13-14-5-11-17(23)12-6-14/h1-12,24H,13H2. The topological polar surface area (TPSA) is 46.9 Å². The fraction of sp³-hybridized carbons (Fsp3) is 0.0476. The van der Waals surface area contributed by atoms with E-state index >= 15 is 0 Å². The first-order valence-electron chi connectivity index (χ1n) is 8.38. The highest BCUT2D eigenvalue weighted by molar-refractivity contribution is 9.10. The first kappa shape index (κ1) is 17.4. The van der Waals surface area contributed by atoms with Gasteiger partial charge in [-0.3, -0.25) is 4.79 Å². The van der Waals surface area contributed by atoms with Crippen LogP contribution in [0, 0.1) is 5.82 Å². The van der Waals surface area contributed by atoms with Gasteiger partial charge in [0, 0.05) is 10.0 Å². The molecule has 0 aliphatic rings. The van der Waals surface area contributed by atoms with Crippen LogP contribution in [0.2, 0.25) is 0 Å². The summed E-state index contributed by atoms with van der Waals surface area (Å²) in [6, 6.07) is 21.0. The molecular weight excluding hydrogens is 409 g/mol. The summed E-state index contributed by atoms with van der Waals surface area (Å²) in [7, 11) is 0. The molecule has 0 spiro atoms. The van der Waals surface area contributed by atoms with Gasteiger partial charge < -0.3 is 5.43 Å². The Hall–Kier alpha value is -2.99. The number of nitrogens with zero attached hydrogens (tertiary/aromatic N) is 2. The van der Waals surface area contributed by atoms with E-state index in [9.17, 15) is 9.18 Å². The summed E-state index contributed by atoms with van der Waals surface area (Å²) in [5.74, 6) is 0.229. The first-order chi connectivity index (χ1) is 13.1.